The SMILES string of the molecule is C[C@@H](NC(=O)C1CCC(CNS(=O)(=O)c2ccccc2)CC1)C(=O)N[C@H]1CCS(=O)(=O)C1. The average Bonchev–Trinajstić information content (AvgIpc) is 3.11. The zero-order valence-corrected chi connectivity index (χ0v) is 19.8. The minimum atomic E-state index is -3.54. The van der Waals surface area contributed by atoms with Crippen molar-refractivity contribution in [3.8, 4) is 0 Å². The average molecular weight is 486 g/mol. The van der Waals surface area contributed by atoms with Gasteiger partial charge in [0.2, 0.25) is 21.8 Å². The molecule has 1 heterocycles. The summed E-state index contributed by atoms with van der Waals surface area (Å²) in [7, 11) is -6.63. The second-order valence-electron chi connectivity index (χ2n) is 8.72. The summed E-state index contributed by atoms with van der Waals surface area (Å²) in [4.78, 5) is 25.1. The minimum Gasteiger partial charge on any atom is -0.351 e. The minimum absolute atomic E-state index is 0.0581. The lowest BCUT2D eigenvalue weighted by atomic mass is 9.81. The number of rotatable bonds is 8. The Kier molecular flexibility index (Phi) is 7.94. The summed E-state index contributed by atoms with van der Waals surface area (Å²) in [5, 5.41) is 5.42. The Bertz CT molecular complexity index is 1020. The van der Waals surface area contributed by atoms with E-state index in [-0.39, 0.29) is 40.1 Å². The van der Waals surface area contributed by atoms with Crippen LogP contribution in [0.4, 0.5) is 0 Å². The van der Waals surface area contributed by atoms with E-state index in [0.29, 0.717) is 25.8 Å². The van der Waals surface area contributed by atoms with Gasteiger partial charge < -0.3 is 10.6 Å². The Hall–Kier alpha value is -1.98. The number of sulfone groups is 1. The van der Waals surface area contributed by atoms with Crippen LogP contribution < -0.4 is 15.4 Å². The molecule has 1 saturated heterocycles. The maximum absolute atomic E-state index is 12.6. The fourth-order valence-electron chi connectivity index (χ4n) is 4.17. The molecule has 0 spiro atoms. The maximum atomic E-state index is 12.6. The monoisotopic (exact) mass is 485 g/mol. The van der Waals surface area contributed by atoms with E-state index >= 15 is 0 Å². The van der Waals surface area contributed by atoms with Crippen molar-refractivity contribution >= 4 is 31.7 Å². The molecule has 2 fully saturated rings. The summed E-state index contributed by atoms with van der Waals surface area (Å²) in [6.07, 6.45) is 3.08. The number of carbonyl (C=O) groups is 2. The van der Waals surface area contributed by atoms with Gasteiger partial charge in [-0.1, -0.05) is 18.2 Å². The van der Waals surface area contributed by atoms with E-state index in [4.69, 9.17) is 0 Å². The van der Waals surface area contributed by atoms with Gasteiger partial charge in [-0.05, 0) is 57.1 Å². The molecule has 1 aliphatic carbocycles. The van der Waals surface area contributed by atoms with E-state index in [0.717, 1.165) is 12.8 Å². The molecule has 0 aromatic heterocycles. The van der Waals surface area contributed by atoms with Gasteiger partial charge in [-0.2, -0.15) is 0 Å². The number of hydrogen-bond donors (Lipinski definition) is 3. The lowest BCUT2D eigenvalue weighted by Crippen LogP contribution is -2.50. The number of hydrogen-bond acceptors (Lipinski definition) is 6. The molecule has 0 radical (unpaired) electrons. The molecule has 2 aliphatic rings. The zero-order valence-electron chi connectivity index (χ0n) is 18.1. The Morgan fingerprint density at radius 1 is 1.06 bits per heavy atom. The highest BCUT2D eigenvalue weighted by atomic mass is 32.2. The van der Waals surface area contributed by atoms with E-state index in [2.05, 4.69) is 15.4 Å². The van der Waals surface area contributed by atoms with Crippen LogP contribution in [0.1, 0.15) is 39.0 Å². The molecule has 1 saturated carbocycles. The lowest BCUT2D eigenvalue weighted by Gasteiger charge is -2.28. The standard InChI is InChI=1S/C21H31N3O6S2/c1-15(20(25)24-18-11-12-31(27,28)14-18)23-21(26)17-9-7-16(8-10-17)13-22-32(29,30)19-5-3-2-4-6-19/h2-6,15-18,22H,7-14H2,1H3,(H,23,26)(H,24,25)/t15-,16?,17?,18+/m1/s1. The molecule has 0 unspecified atom stereocenters. The van der Waals surface area contributed by atoms with Crippen molar-refractivity contribution < 1.29 is 26.4 Å². The fourth-order valence-corrected chi connectivity index (χ4v) is 6.98. The van der Waals surface area contributed by atoms with Gasteiger partial charge in [0.15, 0.2) is 9.84 Å². The molecule has 1 aliphatic heterocycles. The van der Waals surface area contributed by atoms with Gasteiger partial charge in [-0.25, -0.2) is 21.6 Å². The Labute approximate surface area is 189 Å². The van der Waals surface area contributed by atoms with E-state index in [1.54, 1.807) is 37.3 Å². The number of amides is 2. The second-order valence-corrected chi connectivity index (χ2v) is 12.7. The van der Waals surface area contributed by atoms with Crippen molar-refractivity contribution in [2.45, 2.75) is 56.0 Å². The van der Waals surface area contributed by atoms with Crippen LogP contribution in [0.15, 0.2) is 35.2 Å². The first kappa shape index (κ1) is 24.7. The summed E-state index contributed by atoms with van der Waals surface area (Å²) >= 11 is 0. The third-order valence-electron chi connectivity index (χ3n) is 6.16. The number of benzene rings is 1. The van der Waals surface area contributed by atoms with E-state index in [1.165, 1.54) is 0 Å². The molecule has 2 amide bonds. The first-order valence-electron chi connectivity index (χ1n) is 10.9. The van der Waals surface area contributed by atoms with Crippen LogP contribution in [0.2, 0.25) is 0 Å². The topological polar surface area (TPSA) is 139 Å². The van der Waals surface area contributed by atoms with Crippen molar-refractivity contribution in [1.82, 2.24) is 15.4 Å². The van der Waals surface area contributed by atoms with Crippen LogP contribution in [0.5, 0.6) is 0 Å². The number of sulfonamides is 1. The molecule has 1 aromatic rings. The van der Waals surface area contributed by atoms with Crippen LogP contribution in [-0.4, -0.2) is 58.8 Å². The van der Waals surface area contributed by atoms with Crippen molar-refractivity contribution in [2.75, 3.05) is 18.1 Å². The Balaban J connectivity index is 1.40. The van der Waals surface area contributed by atoms with Crippen molar-refractivity contribution in [3.63, 3.8) is 0 Å². The predicted octanol–water partition coefficient (Wildman–Crippen LogP) is 0.579. The van der Waals surface area contributed by atoms with Crippen LogP contribution in [0, 0.1) is 11.8 Å². The van der Waals surface area contributed by atoms with Gasteiger partial charge >= 0.3 is 0 Å². The van der Waals surface area contributed by atoms with Gasteiger partial charge in [-0.15, -0.1) is 0 Å². The summed E-state index contributed by atoms with van der Waals surface area (Å²) in [6, 6.07) is 7.06. The molecule has 32 heavy (non-hydrogen) atoms. The normalized spacial score (nSPS) is 26.2. The molecule has 2 atom stereocenters. The third-order valence-corrected chi connectivity index (χ3v) is 9.37. The highest BCUT2D eigenvalue weighted by molar-refractivity contribution is 7.91. The van der Waals surface area contributed by atoms with Crippen LogP contribution in [-0.2, 0) is 29.4 Å². The second kappa shape index (κ2) is 10.3. The highest BCUT2D eigenvalue weighted by Crippen LogP contribution is 2.29. The Morgan fingerprint density at radius 2 is 1.72 bits per heavy atom. The van der Waals surface area contributed by atoms with E-state index in [1.807, 2.05) is 0 Å². The molecule has 3 N–H and O–H groups in total. The number of nitrogens with one attached hydrogen (secondary N) is 3. The van der Waals surface area contributed by atoms with Gasteiger partial charge in [0.05, 0.1) is 16.4 Å². The van der Waals surface area contributed by atoms with Gasteiger partial charge in [-0.3, -0.25) is 9.59 Å². The van der Waals surface area contributed by atoms with Crippen molar-refractivity contribution in [2.24, 2.45) is 11.8 Å². The molecule has 1 aromatic carbocycles. The molecular weight excluding hydrogens is 454 g/mol. The van der Waals surface area contributed by atoms with Crippen LogP contribution in [0.3, 0.4) is 0 Å². The fraction of sp³-hybridized carbons (Fsp3) is 0.619. The molecule has 11 heteroatoms. The Morgan fingerprint density at radius 3 is 2.31 bits per heavy atom. The summed E-state index contributed by atoms with van der Waals surface area (Å²) in [5.74, 6) is -0.637. The first-order valence-corrected chi connectivity index (χ1v) is 14.2. The molecule has 0 bridgehead atoms. The van der Waals surface area contributed by atoms with Crippen LogP contribution in [0.25, 0.3) is 0 Å². The highest BCUT2D eigenvalue weighted by Gasteiger charge is 2.32. The number of carbonyl (C=O) groups excluding carboxylic acids is 2. The molecular formula is C21H31N3O6S2. The maximum Gasteiger partial charge on any atom is 0.242 e. The van der Waals surface area contributed by atoms with Gasteiger partial charge in [0.1, 0.15) is 6.04 Å². The quantitative estimate of drug-likeness (QED) is 0.492. The van der Waals surface area contributed by atoms with Gasteiger partial charge in [0.25, 0.3) is 0 Å². The zero-order chi connectivity index (χ0) is 23.4. The van der Waals surface area contributed by atoms with Crippen molar-refractivity contribution in [1.29, 1.82) is 0 Å². The molecule has 3 rings (SSSR count). The lowest BCUT2D eigenvalue weighted by molar-refractivity contribution is -0.131. The van der Waals surface area contributed by atoms with Gasteiger partial charge in [0, 0.05) is 18.5 Å². The van der Waals surface area contributed by atoms with E-state index in [9.17, 15) is 26.4 Å². The molecule has 9 nitrogen and oxygen atoms in total. The molecule has 178 valence electrons. The smallest absolute Gasteiger partial charge is 0.242 e. The summed E-state index contributed by atoms with van der Waals surface area (Å²) in [6.45, 7) is 1.91. The summed E-state index contributed by atoms with van der Waals surface area (Å²) < 4.78 is 50.4. The van der Waals surface area contributed by atoms with Crippen LogP contribution >= 0.6 is 0 Å². The van der Waals surface area contributed by atoms with E-state index < -0.39 is 31.9 Å². The van der Waals surface area contributed by atoms with Crippen molar-refractivity contribution in [3.05, 3.63) is 30.3 Å². The largest absolute Gasteiger partial charge is 0.351 e. The first-order chi connectivity index (χ1) is 15.1. The predicted molar refractivity (Wildman–Crippen MR) is 120 cm³/mol. The third kappa shape index (κ3) is 6.76. The summed E-state index contributed by atoms with van der Waals surface area (Å²) in [5.41, 5.74) is 0.